The Bertz CT molecular complexity index is 234. The van der Waals surface area contributed by atoms with Gasteiger partial charge in [0, 0.05) is 18.5 Å². The molecule has 1 heterocycles. The molecule has 1 atom stereocenters. The molecule has 0 radical (unpaired) electrons. The van der Waals surface area contributed by atoms with Crippen LogP contribution in [0.25, 0.3) is 0 Å². The summed E-state index contributed by atoms with van der Waals surface area (Å²) in [5.41, 5.74) is 0. The molecule has 0 bridgehead atoms. The van der Waals surface area contributed by atoms with E-state index in [4.69, 9.17) is 0 Å². The first-order valence-electron chi connectivity index (χ1n) is 7.37. The summed E-state index contributed by atoms with van der Waals surface area (Å²) in [5.74, 6) is 0.259. The molecular weight excluding hydrogens is 248 g/mol. The fourth-order valence-corrected chi connectivity index (χ4v) is 3.04. The third-order valence-corrected chi connectivity index (χ3v) is 4.06. The lowest BCUT2D eigenvalue weighted by Gasteiger charge is -2.21. The van der Waals surface area contributed by atoms with E-state index in [-0.39, 0.29) is 18.3 Å². The van der Waals surface area contributed by atoms with Gasteiger partial charge < -0.3 is 10.6 Å². The fourth-order valence-electron chi connectivity index (χ4n) is 3.04. The molecule has 1 aliphatic carbocycles. The third kappa shape index (κ3) is 5.57. The number of hydrogen-bond acceptors (Lipinski definition) is 2. The molecule has 1 saturated heterocycles. The molecule has 2 rings (SSSR count). The standard InChI is InChI=1S/C14H26N2O.ClH/c17-14(11-13-9-6-10-15-13)16-12-7-4-2-1-3-5-8-12;/h12-13,15H,1-11H2,(H,16,17);1H. The van der Waals surface area contributed by atoms with Crippen molar-refractivity contribution < 1.29 is 4.79 Å². The third-order valence-electron chi connectivity index (χ3n) is 4.06. The Labute approximate surface area is 117 Å². The summed E-state index contributed by atoms with van der Waals surface area (Å²) < 4.78 is 0. The van der Waals surface area contributed by atoms with Crippen molar-refractivity contribution in [2.24, 2.45) is 0 Å². The minimum Gasteiger partial charge on any atom is -0.353 e. The van der Waals surface area contributed by atoms with E-state index in [2.05, 4.69) is 10.6 Å². The molecule has 0 spiro atoms. The van der Waals surface area contributed by atoms with Gasteiger partial charge in [-0.3, -0.25) is 4.79 Å². The Hall–Kier alpha value is -0.280. The van der Waals surface area contributed by atoms with Crippen molar-refractivity contribution in [2.45, 2.75) is 76.3 Å². The number of carbonyl (C=O) groups excluding carboxylic acids is 1. The van der Waals surface area contributed by atoms with Crippen LogP contribution in [0.3, 0.4) is 0 Å². The second-order valence-electron chi connectivity index (χ2n) is 5.61. The zero-order valence-electron chi connectivity index (χ0n) is 11.2. The molecule has 1 amide bonds. The average Bonchev–Trinajstić information content (AvgIpc) is 2.74. The van der Waals surface area contributed by atoms with Crippen LogP contribution >= 0.6 is 12.4 Å². The van der Waals surface area contributed by atoms with Gasteiger partial charge in [0.15, 0.2) is 0 Å². The van der Waals surface area contributed by atoms with Crippen LogP contribution in [0.4, 0.5) is 0 Å². The first kappa shape index (κ1) is 15.8. The Morgan fingerprint density at radius 2 is 1.67 bits per heavy atom. The Balaban J connectivity index is 0.00000162. The van der Waals surface area contributed by atoms with Gasteiger partial charge in [-0.1, -0.05) is 32.1 Å². The average molecular weight is 275 g/mol. The number of rotatable bonds is 3. The maximum Gasteiger partial charge on any atom is 0.221 e. The normalized spacial score (nSPS) is 25.9. The van der Waals surface area contributed by atoms with Crippen LogP contribution in [-0.2, 0) is 4.79 Å². The van der Waals surface area contributed by atoms with Crippen molar-refractivity contribution in [3.8, 4) is 0 Å². The first-order chi connectivity index (χ1) is 8.34. The smallest absolute Gasteiger partial charge is 0.221 e. The molecule has 0 aromatic carbocycles. The highest BCUT2D eigenvalue weighted by atomic mass is 35.5. The van der Waals surface area contributed by atoms with E-state index in [0.29, 0.717) is 18.5 Å². The van der Waals surface area contributed by atoms with Gasteiger partial charge in [-0.2, -0.15) is 0 Å². The van der Waals surface area contributed by atoms with Gasteiger partial charge in [-0.15, -0.1) is 12.4 Å². The van der Waals surface area contributed by atoms with Crippen molar-refractivity contribution >= 4 is 18.3 Å². The highest BCUT2D eigenvalue weighted by Gasteiger charge is 2.19. The zero-order valence-corrected chi connectivity index (χ0v) is 12.1. The molecule has 18 heavy (non-hydrogen) atoms. The second kappa shape index (κ2) is 8.76. The van der Waals surface area contributed by atoms with Gasteiger partial charge in [0.1, 0.15) is 0 Å². The maximum atomic E-state index is 11.9. The van der Waals surface area contributed by atoms with Crippen molar-refractivity contribution in [2.75, 3.05) is 6.54 Å². The monoisotopic (exact) mass is 274 g/mol. The molecule has 106 valence electrons. The molecular formula is C14H27ClN2O. The molecule has 1 unspecified atom stereocenters. The highest BCUT2D eigenvalue weighted by molar-refractivity contribution is 5.85. The van der Waals surface area contributed by atoms with Gasteiger partial charge in [-0.05, 0) is 32.2 Å². The molecule has 3 nitrogen and oxygen atoms in total. The lowest BCUT2D eigenvalue weighted by Crippen LogP contribution is -2.38. The Kier molecular flexibility index (Phi) is 7.68. The quantitative estimate of drug-likeness (QED) is 0.831. The van der Waals surface area contributed by atoms with Crippen molar-refractivity contribution in [1.29, 1.82) is 0 Å². The minimum atomic E-state index is 0. The van der Waals surface area contributed by atoms with Gasteiger partial charge >= 0.3 is 0 Å². The summed E-state index contributed by atoms with van der Waals surface area (Å²) in [6.45, 7) is 1.08. The minimum absolute atomic E-state index is 0. The number of nitrogens with one attached hydrogen (secondary N) is 2. The van der Waals surface area contributed by atoms with Crippen LogP contribution in [0.2, 0.25) is 0 Å². The zero-order chi connectivity index (χ0) is 11.9. The predicted octanol–water partition coefficient (Wildman–Crippen LogP) is 2.78. The summed E-state index contributed by atoms with van der Waals surface area (Å²) in [7, 11) is 0. The molecule has 2 aliphatic rings. The van der Waals surface area contributed by atoms with Crippen LogP contribution in [0.1, 0.15) is 64.2 Å². The maximum absolute atomic E-state index is 11.9. The predicted molar refractivity (Wildman–Crippen MR) is 77.1 cm³/mol. The largest absolute Gasteiger partial charge is 0.353 e. The lowest BCUT2D eigenvalue weighted by atomic mass is 9.96. The summed E-state index contributed by atoms with van der Waals surface area (Å²) >= 11 is 0. The van der Waals surface area contributed by atoms with Crippen LogP contribution in [0, 0.1) is 0 Å². The summed E-state index contributed by atoms with van der Waals surface area (Å²) in [4.78, 5) is 11.9. The number of carbonyl (C=O) groups is 1. The van der Waals surface area contributed by atoms with Gasteiger partial charge in [0.05, 0.1) is 0 Å². The van der Waals surface area contributed by atoms with Crippen molar-refractivity contribution in [3.63, 3.8) is 0 Å². The second-order valence-corrected chi connectivity index (χ2v) is 5.61. The number of hydrogen-bond donors (Lipinski definition) is 2. The summed E-state index contributed by atoms with van der Waals surface area (Å²) in [6, 6.07) is 0.882. The van der Waals surface area contributed by atoms with E-state index in [1.807, 2.05) is 0 Å². The van der Waals surface area contributed by atoms with E-state index < -0.39 is 0 Å². The molecule has 0 aromatic heterocycles. The molecule has 2 N–H and O–H groups in total. The van der Waals surface area contributed by atoms with Crippen molar-refractivity contribution in [1.82, 2.24) is 10.6 Å². The van der Waals surface area contributed by atoms with Gasteiger partial charge in [0.2, 0.25) is 5.91 Å². The summed E-state index contributed by atoms with van der Waals surface area (Å²) in [5, 5.41) is 6.62. The van der Waals surface area contributed by atoms with E-state index in [9.17, 15) is 4.79 Å². The summed E-state index contributed by atoms with van der Waals surface area (Å²) in [6.07, 6.45) is 12.1. The Morgan fingerprint density at radius 3 is 2.28 bits per heavy atom. The van der Waals surface area contributed by atoms with Gasteiger partial charge in [0.25, 0.3) is 0 Å². The highest BCUT2D eigenvalue weighted by Crippen LogP contribution is 2.17. The molecule has 2 fully saturated rings. The van der Waals surface area contributed by atoms with E-state index >= 15 is 0 Å². The fraction of sp³-hybridized carbons (Fsp3) is 0.929. The first-order valence-corrected chi connectivity index (χ1v) is 7.37. The molecule has 1 aliphatic heterocycles. The topological polar surface area (TPSA) is 41.1 Å². The number of amides is 1. The van der Waals surface area contributed by atoms with Crippen LogP contribution < -0.4 is 10.6 Å². The van der Waals surface area contributed by atoms with E-state index in [0.717, 1.165) is 13.0 Å². The lowest BCUT2D eigenvalue weighted by molar-refractivity contribution is -0.122. The van der Waals surface area contributed by atoms with Crippen LogP contribution in [-0.4, -0.2) is 24.5 Å². The van der Waals surface area contributed by atoms with E-state index in [1.54, 1.807) is 0 Å². The Morgan fingerprint density at radius 1 is 1.00 bits per heavy atom. The molecule has 0 aromatic rings. The van der Waals surface area contributed by atoms with Gasteiger partial charge in [-0.25, -0.2) is 0 Å². The van der Waals surface area contributed by atoms with Crippen molar-refractivity contribution in [3.05, 3.63) is 0 Å². The molecule has 1 saturated carbocycles. The SMILES string of the molecule is Cl.O=C(CC1CCCN1)NC1CCCCCCC1. The number of halogens is 1. The van der Waals surface area contributed by atoms with E-state index in [1.165, 1.54) is 51.4 Å². The van der Waals surface area contributed by atoms with Crippen LogP contribution in [0.5, 0.6) is 0 Å². The molecule has 4 heteroatoms. The van der Waals surface area contributed by atoms with Crippen LogP contribution in [0.15, 0.2) is 0 Å².